The Morgan fingerprint density at radius 3 is 2.43 bits per heavy atom. The molecule has 4 aliphatic carbocycles. The standard InChI is InChI=1S/C28H39NO/c1-5-18-15-21-17-22(30)7-11-27(21,3)23-8-12-28(4)24(25(18)23)16-19(6-2)26(28)20-9-13-29-14-10-20/h9-10,13-15,18,22-25,30H,5-8,11-12,16-17H2,1-4H3/t18?,22?,23-,24+,25-,27+,28+/m1/s1. The van der Waals surface area contributed by atoms with Gasteiger partial charge in [0.05, 0.1) is 6.10 Å². The van der Waals surface area contributed by atoms with E-state index in [-0.39, 0.29) is 11.5 Å². The van der Waals surface area contributed by atoms with Crippen LogP contribution in [0.15, 0.2) is 41.7 Å². The summed E-state index contributed by atoms with van der Waals surface area (Å²) in [6, 6.07) is 4.48. The predicted molar refractivity (Wildman–Crippen MR) is 124 cm³/mol. The molecule has 0 spiro atoms. The molecule has 2 heteroatoms. The third-order valence-electron chi connectivity index (χ3n) is 9.89. The fraction of sp³-hybridized carbons (Fsp3) is 0.679. The normalized spacial score (nSPS) is 43.0. The van der Waals surface area contributed by atoms with Gasteiger partial charge >= 0.3 is 0 Å². The summed E-state index contributed by atoms with van der Waals surface area (Å²) in [7, 11) is 0. The van der Waals surface area contributed by atoms with Crippen molar-refractivity contribution >= 4 is 5.57 Å². The predicted octanol–water partition coefficient (Wildman–Crippen LogP) is 6.81. The highest BCUT2D eigenvalue weighted by molar-refractivity contribution is 5.76. The molecule has 1 aromatic heterocycles. The molecule has 162 valence electrons. The van der Waals surface area contributed by atoms with E-state index in [0.717, 1.165) is 30.6 Å². The van der Waals surface area contributed by atoms with Gasteiger partial charge in [0, 0.05) is 12.4 Å². The van der Waals surface area contributed by atoms with Gasteiger partial charge in [0.2, 0.25) is 0 Å². The Kier molecular flexibility index (Phi) is 5.01. The number of aromatic nitrogens is 1. The Labute approximate surface area is 182 Å². The van der Waals surface area contributed by atoms with Crippen LogP contribution in [-0.2, 0) is 0 Å². The second-order valence-corrected chi connectivity index (χ2v) is 11.1. The summed E-state index contributed by atoms with van der Waals surface area (Å²) in [6.45, 7) is 9.88. The van der Waals surface area contributed by atoms with Gasteiger partial charge in [0.15, 0.2) is 0 Å². The lowest BCUT2D eigenvalue weighted by Gasteiger charge is -2.60. The van der Waals surface area contributed by atoms with Crippen molar-refractivity contribution in [2.45, 2.75) is 85.2 Å². The van der Waals surface area contributed by atoms with E-state index in [0.29, 0.717) is 11.3 Å². The molecule has 5 rings (SSSR count). The number of nitrogens with zero attached hydrogens (tertiary/aromatic N) is 1. The molecule has 4 aliphatic rings. The third kappa shape index (κ3) is 2.82. The Morgan fingerprint density at radius 2 is 1.73 bits per heavy atom. The van der Waals surface area contributed by atoms with Gasteiger partial charge in [-0.3, -0.25) is 4.98 Å². The average Bonchev–Trinajstić information content (AvgIpc) is 3.06. The Balaban J connectivity index is 1.58. The molecule has 1 N–H and O–H groups in total. The Morgan fingerprint density at radius 1 is 1.00 bits per heavy atom. The van der Waals surface area contributed by atoms with E-state index in [9.17, 15) is 5.11 Å². The molecular weight excluding hydrogens is 366 g/mol. The molecule has 30 heavy (non-hydrogen) atoms. The summed E-state index contributed by atoms with van der Waals surface area (Å²) in [5.74, 6) is 2.98. The molecule has 0 saturated heterocycles. The summed E-state index contributed by atoms with van der Waals surface area (Å²) in [5.41, 5.74) is 6.96. The van der Waals surface area contributed by atoms with Crippen molar-refractivity contribution in [3.8, 4) is 0 Å². The zero-order valence-electron chi connectivity index (χ0n) is 19.3. The fourth-order valence-electron chi connectivity index (χ4n) is 8.35. The summed E-state index contributed by atoms with van der Waals surface area (Å²) < 4.78 is 0. The van der Waals surface area contributed by atoms with Crippen LogP contribution >= 0.6 is 0 Å². The van der Waals surface area contributed by atoms with E-state index in [4.69, 9.17) is 0 Å². The van der Waals surface area contributed by atoms with Gasteiger partial charge in [0.1, 0.15) is 0 Å². The molecule has 2 unspecified atom stereocenters. The van der Waals surface area contributed by atoms with Crippen molar-refractivity contribution in [3.63, 3.8) is 0 Å². The quantitative estimate of drug-likeness (QED) is 0.560. The minimum atomic E-state index is -0.120. The zero-order valence-corrected chi connectivity index (χ0v) is 19.3. The van der Waals surface area contributed by atoms with Gasteiger partial charge in [0.25, 0.3) is 0 Å². The summed E-state index contributed by atoms with van der Waals surface area (Å²) in [4.78, 5) is 4.29. The second kappa shape index (κ2) is 7.33. The largest absolute Gasteiger partial charge is 0.393 e. The number of rotatable bonds is 3. The van der Waals surface area contributed by atoms with Gasteiger partial charge in [-0.25, -0.2) is 0 Å². The minimum Gasteiger partial charge on any atom is -0.393 e. The number of aliphatic hydroxyl groups is 1. The lowest BCUT2D eigenvalue weighted by atomic mass is 9.45. The molecule has 2 nitrogen and oxygen atoms in total. The molecule has 7 atom stereocenters. The Bertz CT molecular complexity index is 870. The lowest BCUT2D eigenvalue weighted by molar-refractivity contribution is -0.0468. The van der Waals surface area contributed by atoms with Crippen LogP contribution in [0, 0.1) is 34.5 Å². The van der Waals surface area contributed by atoms with Gasteiger partial charge in [-0.2, -0.15) is 0 Å². The maximum atomic E-state index is 10.4. The van der Waals surface area contributed by atoms with Gasteiger partial charge in [-0.1, -0.05) is 44.9 Å². The van der Waals surface area contributed by atoms with Crippen LogP contribution < -0.4 is 0 Å². The number of pyridine rings is 1. The highest BCUT2D eigenvalue weighted by Gasteiger charge is 2.59. The van der Waals surface area contributed by atoms with Crippen molar-refractivity contribution in [2.24, 2.45) is 34.5 Å². The van der Waals surface area contributed by atoms with Crippen molar-refractivity contribution < 1.29 is 5.11 Å². The summed E-state index contributed by atoms with van der Waals surface area (Å²) >= 11 is 0. The Hall–Kier alpha value is -1.41. The number of allylic oxidation sites excluding steroid dienone is 3. The lowest BCUT2D eigenvalue weighted by Crippen LogP contribution is -2.52. The average molecular weight is 406 g/mol. The van der Waals surface area contributed by atoms with E-state index in [1.807, 2.05) is 12.4 Å². The number of fused-ring (bicyclic) bond motifs is 5. The monoisotopic (exact) mass is 405 g/mol. The van der Waals surface area contributed by atoms with Crippen molar-refractivity contribution in [1.29, 1.82) is 0 Å². The zero-order chi connectivity index (χ0) is 21.1. The molecule has 1 aromatic rings. The molecule has 1 heterocycles. The molecule has 0 aromatic carbocycles. The maximum absolute atomic E-state index is 10.4. The number of hydrogen-bond acceptors (Lipinski definition) is 2. The fourth-order valence-corrected chi connectivity index (χ4v) is 8.35. The first-order chi connectivity index (χ1) is 14.4. The third-order valence-corrected chi connectivity index (χ3v) is 9.89. The molecule has 0 amide bonds. The first-order valence-electron chi connectivity index (χ1n) is 12.4. The van der Waals surface area contributed by atoms with Crippen LogP contribution in [-0.4, -0.2) is 16.2 Å². The van der Waals surface area contributed by atoms with E-state index in [1.165, 1.54) is 44.1 Å². The topological polar surface area (TPSA) is 33.1 Å². The molecule has 2 fully saturated rings. The van der Waals surface area contributed by atoms with Crippen molar-refractivity contribution in [3.05, 3.63) is 47.3 Å². The highest BCUT2D eigenvalue weighted by Crippen LogP contribution is 2.69. The maximum Gasteiger partial charge on any atom is 0.0577 e. The molecule has 0 bridgehead atoms. The van der Waals surface area contributed by atoms with Gasteiger partial charge in [-0.05, 0) is 109 Å². The molecular formula is C28H39NO. The summed E-state index contributed by atoms with van der Waals surface area (Å²) in [6.07, 6.45) is 15.9. The van der Waals surface area contributed by atoms with E-state index in [2.05, 4.69) is 50.9 Å². The van der Waals surface area contributed by atoms with E-state index >= 15 is 0 Å². The summed E-state index contributed by atoms with van der Waals surface area (Å²) in [5, 5.41) is 10.4. The second-order valence-electron chi connectivity index (χ2n) is 11.1. The van der Waals surface area contributed by atoms with Gasteiger partial charge in [-0.15, -0.1) is 0 Å². The number of hydrogen-bond donors (Lipinski definition) is 1. The van der Waals surface area contributed by atoms with Crippen LogP contribution in [0.3, 0.4) is 0 Å². The van der Waals surface area contributed by atoms with Crippen LogP contribution in [0.5, 0.6) is 0 Å². The SMILES string of the molecule is CCC1=C(c2ccncc2)[C@@]2(C)CC[C@@H]3[C@@H](C(CC)C=C4CC(O)CC[C@@]43C)[C@@H]2C1. The number of aliphatic hydroxyl groups excluding tert-OH is 1. The van der Waals surface area contributed by atoms with E-state index < -0.39 is 0 Å². The molecule has 2 saturated carbocycles. The molecule has 0 radical (unpaired) electrons. The smallest absolute Gasteiger partial charge is 0.0577 e. The van der Waals surface area contributed by atoms with Gasteiger partial charge < -0.3 is 5.11 Å². The van der Waals surface area contributed by atoms with Crippen LogP contribution in [0.2, 0.25) is 0 Å². The molecule has 0 aliphatic heterocycles. The van der Waals surface area contributed by atoms with Crippen LogP contribution in [0.4, 0.5) is 0 Å². The van der Waals surface area contributed by atoms with Crippen molar-refractivity contribution in [1.82, 2.24) is 4.98 Å². The highest BCUT2D eigenvalue weighted by atomic mass is 16.3. The van der Waals surface area contributed by atoms with Crippen molar-refractivity contribution in [2.75, 3.05) is 0 Å². The van der Waals surface area contributed by atoms with Crippen LogP contribution in [0.25, 0.3) is 5.57 Å². The minimum absolute atomic E-state index is 0.120. The first kappa shape index (κ1) is 20.5. The first-order valence-corrected chi connectivity index (χ1v) is 12.4. The van der Waals surface area contributed by atoms with E-state index in [1.54, 1.807) is 16.7 Å². The van der Waals surface area contributed by atoms with Crippen LogP contribution in [0.1, 0.15) is 84.6 Å².